The van der Waals surface area contributed by atoms with E-state index in [1.54, 1.807) is 36.4 Å². The molecule has 0 radical (unpaired) electrons. The maximum absolute atomic E-state index is 13.7. The largest absolute Gasteiger partial charge is 0.367 e. The molecule has 3 aromatic rings. The molecule has 0 aliphatic carbocycles. The number of benzene rings is 3. The average molecular weight is 615 g/mol. The van der Waals surface area contributed by atoms with Crippen LogP contribution in [-0.4, -0.2) is 30.9 Å². The lowest BCUT2D eigenvalue weighted by Crippen LogP contribution is -2.44. The van der Waals surface area contributed by atoms with Gasteiger partial charge < -0.3 is 16.0 Å². The van der Waals surface area contributed by atoms with Gasteiger partial charge in [-0.15, -0.1) is 0 Å². The molecular weight excluding hydrogens is 591 g/mol. The van der Waals surface area contributed by atoms with Gasteiger partial charge in [0.2, 0.25) is 10.0 Å². The van der Waals surface area contributed by atoms with Crippen LogP contribution in [0.2, 0.25) is 10.0 Å². The molecule has 8 nitrogen and oxygen atoms in total. The van der Waals surface area contributed by atoms with Crippen LogP contribution in [0.1, 0.15) is 34.3 Å². The standard InChI is InChI=1S/C27H23BrCl2N6O2/c28-17-4-6-21(25(37)35-36-34-20-8-10-31-11-9-20)23(13-17)33-27(15-16-2-1-3-18(29)12-16)22-7-5-19(30)14-24(22)32-26(27)38/h1-7,12-14,20,31H,8-11,15H2,(H-,32,33,37,38)/p+1. The molecule has 0 saturated carbocycles. The van der Waals surface area contributed by atoms with Crippen LogP contribution in [0.4, 0.5) is 11.4 Å². The topological polar surface area (TPSA) is 109 Å². The van der Waals surface area contributed by atoms with Crippen molar-refractivity contribution < 1.29 is 9.59 Å². The second kappa shape index (κ2) is 11.4. The molecule has 1 fully saturated rings. The Bertz CT molecular complexity index is 1470. The summed E-state index contributed by atoms with van der Waals surface area (Å²) < 4.78 is 0.723. The molecule has 2 heterocycles. The SMILES string of the molecule is O=C(N=[N+]=NC1CCNCC1)c1ccc(Br)cc1NC1(Cc2cccc(Cl)c2)C(=O)Nc2cc(Cl)ccc21. The lowest BCUT2D eigenvalue weighted by molar-refractivity contribution is -0.119. The van der Waals surface area contributed by atoms with Gasteiger partial charge in [-0.3, -0.25) is 9.59 Å². The maximum atomic E-state index is 13.7. The quantitative estimate of drug-likeness (QED) is 0.229. The molecule has 3 aromatic carbocycles. The highest BCUT2D eigenvalue weighted by molar-refractivity contribution is 9.10. The second-order valence-corrected chi connectivity index (χ2v) is 11.1. The summed E-state index contributed by atoms with van der Waals surface area (Å²) in [7, 11) is 0. The summed E-state index contributed by atoms with van der Waals surface area (Å²) in [5, 5.41) is 18.7. The van der Waals surface area contributed by atoms with Gasteiger partial charge in [0, 0.05) is 37.9 Å². The Labute approximate surface area is 238 Å². The van der Waals surface area contributed by atoms with Gasteiger partial charge in [-0.25, -0.2) is 0 Å². The zero-order valence-electron chi connectivity index (χ0n) is 20.2. The van der Waals surface area contributed by atoms with E-state index in [9.17, 15) is 9.59 Å². The van der Waals surface area contributed by atoms with Crippen molar-refractivity contribution in [3.05, 3.63) is 91.9 Å². The van der Waals surface area contributed by atoms with E-state index in [2.05, 4.69) is 47.0 Å². The second-order valence-electron chi connectivity index (χ2n) is 9.26. The third-order valence-electron chi connectivity index (χ3n) is 6.65. The Hall–Kier alpha value is -3.07. The molecule has 1 atom stereocenters. The fourth-order valence-electron chi connectivity index (χ4n) is 4.79. The highest BCUT2D eigenvalue weighted by atomic mass is 79.9. The summed E-state index contributed by atoms with van der Waals surface area (Å²) in [4.78, 5) is 30.7. The van der Waals surface area contributed by atoms with E-state index in [1.165, 1.54) is 0 Å². The molecule has 5 rings (SSSR count). The first-order valence-corrected chi connectivity index (χ1v) is 13.7. The summed E-state index contributed by atoms with van der Waals surface area (Å²) >= 11 is 16.0. The summed E-state index contributed by atoms with van der Waals surface area (Å²) in [6.45, 7) is 1.73. The Balaban J connectivity index is 1.54. The van der Waals surface area contributed by atoms with Crippen molar-refractivity contribution >= 4 is 62.3 Å². The summed E-state index contributed by atoms with van der Waals surface area (Å²) in [5.41, 5.74) is 1.57. The molecule has 2 aliphatic heterocycles. The van der Waals surface area contributed by atoms with Gasteiger partial charge >= 0.3 is 5.91 Å². The average Bonchev–Trinajstić information content (AvgIpc) is 3.14. The number of anilines is 2. The van der Waals surface area contributed by atoms with Crippen LogP contribution in [0.3, 0.4) is 0 Å². The van der Waals surface area contributed by atoms with E-state index in [-0.39, 0.29) is 23.9 Å². The lowest BCUT2D eigenvalue weighted by atomic mass is 9.84. The van der Waals surface area contributed by atoms with E-state index in [4.69, 9.17) is 23.2 Å². The van der Waals surface area contributed by atoms with Crippen LogP contribution >= 0.6 is 39.1 Å². The fraction of sp³-hybridized carbons (Fsp3) is 0.259. The number of piperidine rings is 1. The van der Waals surface area contributed by atoms with Crippen molar-refractivity contribution in [3.8, 4) is 0 Å². The molecule has 1 unspecified atom stereocenters. The van der Waals surface area contributed by atoms with Crippen molar-refractivity contribution in [3.63, 3.8) is 0 Å². The first-order valence-electron chi connectivity index (χ1n) is 12.1. The number of nitrogens with one attached hydrogen (secondary N) is 3. The van der Waals surface area contributed by atoms with Crippen LogP contribution in [0.25, 0.3) is 0 Å². The number of hydrogen-bond acceptors (Lipinski definition) is 5. The molecule has 2 amide bonds. The van der Waals surface area contributed by atoms with Crippen molar-refractivity contribution in [1.82, 2.24) is 10.2 Å². The van der Waals surface area contributed by atoms with Gasteiger partial charge in [-0.2, -0.15) is 0 Å². The monoisotopic (exact) mass is 613 g/mol. The molecule has 0 spiro atoms. The number of amides is 2. The zero-order chi connectivity index (χ0) is 26.7. The Morgan fingerprint density at radius 2 is 1.87 bits per heavy atom. The molecule has 0 aromatic heterocycles. The number of hydrogen-bond donors (Lipinski definition) is 3. The number of fused-ring (bicyclic) bond motifs is 1. The number of rotatable bonds is 6. The van der Waals surface area contributed by atoms with E-state index >= 15 is 0 Å². The normalized spacial score (nSPS) is 18.8. The molecule has 38 heavy (non-hydrogen) atoms. The summed E-state index contributed by atoms with van der Waals surface area (Å²) in [6, 6.07) is 17.7. The molecule has 1 saturated heterocycles. The first-order chi connectivity index (χ1) is 18.3. The molecule has 0 bridgehead atoms. The minimum atomic E-state index is -1.25. The fourth-order valence-corrected chi connectivity index (χ4v) is 5.54. The Morgan fingerprint density at radius 1 is 1.08 bits per heavy atom. The van der Waals surface area contributed by atoms with E-state index in [1.807, 2.05) is 24.3 Å². The minimum absolute atomic E-state index is 0.0433. The zero-order valence-corrected chi connectivity index (χ0v) is 23.3. The van der Waals surface area contributed by atoms with Gasteiger partial charge in [0.05, 0.1) is 5.56 Å². The molecule has 194 valence electrons. The van der Waals surface area contributed by atoms with Crippen LogP contribution in [0.5, 0.6) is 0 Å². The minimum Gasteiger partial charge on any atom is -0.367 e. The van der Waals surface area contributed by atoms with Crippen LogP contribution in [0.15, 0.2) is 75.4 Å². The molecule has 11 heteroatoms. The smallest absolute Gasteiger partial charge is 0.362 e. The summed E-state index contributed by atoms with van der Waals surface area (Å²) in [6.07, 6.45) is 1.96. The van der Waals surface area contributed by atoms with E-state index < -0.39 is 11.4 Å². The number of halogens is 3. The predicted octanol–water partition coefficient (Wildman–Crippen LogP) is 6.12. The van der Waals surface area contributed by atoms with E-state index in [0.29, 0.717) is 27.0 Å². The Kier molecular flexibility index (Phi) is 7.93. The summed E-state index contributed by atoms with van der Waals surface area (Å²) in [5.74, 6) is -0.846. The number of carbonyl (C=O) groups is 2. The van der Waals surface area contributed by atoms with Gasteiger partial charge in [0.25, 0.3) is 5.91 Å². The van der Waals surface area contributed by atoms with Crippen LogP contribution in [-0.2, 0) is 16.8 Å². The molecule has 2 aliphatic rings. The Morgan fingerprint density at radius 3 is 2.66 bits per heavy atom. The maximum Gasteiger partial charge on any atom is 0.362 e. The van der Waals surface area contributed by atoms with Crippen molar-refractivity contribution in [2.24, 2.45) is 10.2 Å². The van der Waals surface area contributed by atoms with E-state index in [0.717, 1.165) is 36.0 Å². The third kappa shape index (κ3) is 5.67. The van der Waals surface area contributed by atoms with Gasteiger partial charge in [-0.05, 0) is 74.0 Å². The van der Waals surface area contributed by atoms with Crippen molar-refractivity contribution in [2.45, 2.75) is 30.8 Å². The highest BCUT2D eigenvalue weighted by Crippen LogP contribution is 2.43. The van der Waals surface area contributed by atoms with Crippen molar-refractivity contribution in [2.75, 3.05) is 23.7 Å². The van der Waals surface area contributed by atoms with Gasteiger partial charge in [0.1, 0.15) is 16.7 Å². The number of nitrogens with zero attached hydrogens (tertiary/aromatic N) is 3. The molecular formula is C27H24BrCl2N6O2+. The first kappa shape index (κ1) is 26.5. The number of carbonyl (C=O) groups excluding carboxylic acids is 2. The predicted molar refractivity (Wildman–Crippen MR) is 152 cm³/mol. The van der Waals surface area contributed by atoms with Crippen LogP contribution < -0.4 is 20.9 Å². The molecule has 3 N–H and O–H groups in total. The van der Waals surface area contributed by atoms with Gasteiger partial charge in [-0.1, -0.05) is 57.3 Å². The highest BCUT2D eigenvalue weighted by Gasteiger charge is 2.47. The van der Waals surface area contributed by atoms with Crippen molar-refractivity contribution in [1.29, 1.82) is 0 Å². The van der Waals surface area contributed by atoms with Crippen LogP contribution in [0, 0.1) is 0 Å². The lowest BCUT2D eigenvalue weighted by Gasteiger charge is -2.31. The third-order valence-corrected chi connectivity index (χ3v) is 7.62. The van der Waals surface area contributed by atoms with Gasteiger partial charge in [0.15, 0.2) is 0 Å².